The van der Waals surface area contributed by atoms with Crippen molar-refractivity contribution in [3.63, 3.8) is 0 Å². The molecule has 2 aromatic rings. The molecule has 0 saturated heterocycles. The molecule has 1 aromatic carbocycles. The molecule has 6 nitrogen and oxygen atoms in total. The molecule has 2 rings (SSSR count). The van der Waals surface area contributed by atoms with Crippen molar-refractivity contribution in [3.05, 3.63) is 41.3 Å². The summed E-state index contributed by atoms with van der Waals surface area (Å²) in [6, 6.07) is 6.21. The zero-order valence-electron chi connectivity index (χ0n) is 11.4. The second kappa shape index (κ2) is 5.56. The lowest BCUT2D eigenvalue weighted by Gasteiger charge is -2.10. The second-order valence-electron chi connectivity index (χ2n) is 4.16. The SMILES string of the molecule is COc1ccc(Oc2cc(C)nc(C)n2)c(C(=O)O)c1. The minimum absolute atomic E-state index is 0.0123. The summed E-state index contributed by atoms with van der Waals surface area (Å²) in [5.41, 5.74) is 0.760. The number of rotatable bonds is 4. The molecule has 1 heterocycles. The molecule has 0 amide bonds. The lowest BCUT2D eigenvalue weighted by molar-refractivity contribution is 0.0693. The van der Waals surface area contributed by atoms with Crippen molar-refractivity contribution in [2.45, 2.75) is 13.8 Å². The number of aryl methyl sites for hydroxylation is 2. The van der Waals surface area contributed by atoms with E-state index in [9.17, 15) is 9.90 Å². The van der Waals surface area contributed by atoms with Crippen LogP contribution < -0.4 is 9.47 Å². The number of aromatic carboxylic acids is 1. The average Bonchev–Trinajstić information content (AvgIpc) is 2.37. The topological polar surface area (TPSA) is 81.5 Å². The number of ether oxygens (including phenoxy) is 2. The monoisotopic (exact) mass is 274 g/mol. The Morgan fingerprint density at radius 2 is 1.95 bits per heavy atom. The van der Waals surface area contributed by atoms with Gasteiger partial charge in [-0.05, 0) is 32.0 Å². The van der Waals surface area contributed by atoms with Gasteiger partial charge in [-0.25, -0.2) is 9.78 Å². The van der Waals surface area contributed by atoms with Crippen molar-refractivity contribution in [2.75, 3.05) is 7.11 Å². The zero-order chi connectivity index (χ0) is 14.7. The summed E-state index contributed by atoms with van der Waals surface area (Å²) in [4.78, 5) is 19.5. The van der Waals surface area contributed by atoms with Crippen LogP contribution in [-0.4, -0.2) is 28.2 Å². The Balaban J connectivity index is 2.39. The summed E-state index contributed by atoms with van der Waals surface area (Å²) in [5.74, 6) is 0.426. The van der Waals surface area contributed by atoms with Gasteiger partial charge in [0, 0.05) is 11.8 Å². The lowest BCUT2D eigenvalue weighted by Crippen LogP contribution is -2.02. The fourth-order valence-electron chi connectivity index (χ4n) is 1.74. The Kier molecular flexibility index (Phi) is 3.84. The number of nitrogens with zero attached hydrogens (tertiary/aromatic N) is 2. The van der Waals surface area contributed by atoms with Crippen LogP contribution in [0, 0.1) is 13.8 Å². The van der Waals surface area contributed by atoms with Crippen molar-refractivity contribution < 1.29 is 19.4 Å². The summed E-state index contributed by atoms with van der Waals surface area (Å²) in [5, 5.41) is 9.20. The van der Waals surface area contributed by atoms with Gasteiger partial charge in [0.2, 0.25) is 5.88 Å². The first kappa shape index (κ1) is 13.8. The van der Waals surface area contributed by atoms with E-state index in [2.05, 4.69) is 9.97 Å². The van der Waals surface area contributed by atoms with E-state index in [1.54, 1.807) is 19.1 Å². The van der Waals surface area contributed by atoms with E-state index in [1.165, 1.54) is 19.2 Å². The molecule has 0 aliphatic rings. The zero-order valence-corrected chi connectivity index (χ0v) is 11.4. The van der Waals surface area contributed by atoms with Crippen LogP contribution in [0.25, 0.3) is 0 Å². The van der Waals surface area contributed by atoms with E-state index in [0.29, 0.717) is 17.5 Å². The average molecular weight is 274 g/mol. The summed E-state index contributed by atoms with van der Waals surface area (Å²) in [6.07, 6.45) is 0. The number of hydrogen-bond donors (Lipinski definition) is 1. The van der Waals surface area contributed by atoms with Gasteiger partial charge < -0.3 is 14.6 Å². The van der Waals surface area contributed by atoms with Gasteiger partial charge in [0.15, 0.2) is 0 Å². The Hall–Kier alpha value is -2.63. The smallest absolute Gasteiger partial charge is 0.339 e. The van der Waals surface area contributed by atoms with Crippen LogP contribution >= 0.6 is 0 Å². The Bertz CT molecular complexity index is 635. The Labute approximate surface area is 116 Å². The van der Waals surface area contributed by atoms with Crippen molar-refractivity contribution in [1.29, 1.82) is 0 Å². The number of hydrogen-bond acceptors (Lipinski definition) is 5. The molecule has 1 aromatic heterocycles. The van der Waals surface area contributed by atoms with Gasteiger partial charge in [0.25, 0.3) is 0 Å². The number of carboxylic acid groups (broad SMARTS) is 1. The molecule has 0 atom stereocenters. The minimum Gasteiger partial charge on any atom is -0.497 e. The molecule has 6 heteroatoms. The highest BCUT2D eigenvalue weighted by Gasteiger charge is 2.14. The molecular formula is C14H14N2O4. The molecule has 0 bridgehead atoms. The van der Waals surface area contributed by atoms with Gasteiger partial charge in [0.1, 0.15) is 22.9 Å². The maximum atomic E-state index is 11.2. The Morgan fingerprint density at radius 1 is 1.20 bits per heavy atom. The first-order chi connectivity index (χ1) is 9.49. The van der Waals surface area contributed by atoms with Crippen LogP contribution in [0.15, 0.2) is 24.3 Å². The van der Waals surface area contributed by atoms with Crippen LogP contribution in [0.5, 0.6) is 17.4 Å². The van der Waals surface area contributed by atoms with Gasteiger partial charge in [-0.3, -0.25) is 0 Å². The molecule has 20 heavy (non-hydrogen) atoms. The van der Waals surface area contributed by atoms with Gasteiger partial charge >= 0.3 is 5.97 Å². The van der Waals surface area contributed by atoms with Gasteiger partial charge in [-0.15, -0.1) is 0 Å². The molecule has 0 aliphatic carbocycles. The number of carboxylic acids is 1. The maximum Gasteiger partial charge on any atom is 0.339 e. The molecule has 0 spiro atoms. The second-order valence-corrected chi connectivity index (χ2v) is 4.16. The summed E-state index contributed by atoms with van der Waals surface area (Å²) < 4.78 is 10.5. The molecule has 0 radical (unpaired) electrons. The van der Waals surface area contributed by atoms with Gasteiger partial charge in [-0.1, -0.05) is 0 Å². The third kappa shape index (κ3) is 3.03. The highest BCUT2D eigenvalue weighted by Crippen LogP contribution is 2.28. The van der Waals surface area contributed by atoms with E-state index in [1.807, 2.05) is 6.92 Å². The number of benzene rings is 1. The summed E-state index contributed by atoms with van der Waals surface area (Å²) >= 11 is 0. The fraction of sp³-hybridized carbons (Fsp3) is 0.214. The van der Waals surface area contributed by atoms with Crippen LogP contribution in [0.4, 0.5) is 0 Å². The number of methoxy groups -OCH3 is 1. The van der Waals surface area contributed by atoms with Crippen LogP contribution in [-0.2, 0) is 0 Å². The molecule has 1 N–H and O–H groups in total. The van der Waals surface area contributed by atoms with Crippen LogP contribution in [0.3, 0.4) is 0 Å². The van der Waals surface area contributed by atoms with Crippen LogP contribution in [0.1, 0.15) is 21.9 Å². The van der Waals surface area contributed by atoms with E-state index in [0.717, 1.165) is 5.69 Å². The van der Waals surface area contributed by atoms with Crippen molar-refractivity contribution in [2.24, 2.45) is 0 Å². The predicted molar refractivity (Wildman–Crippen MR) is 71.5 cm³/mol. The molecule has 0 saturated carbocycles. The third-order valence-corrected chi connectivity index (χ3v) is 2.57. The molecule has 0 unspecified atom stereocenters. The normalized spacial score (nSPS) is 10.2. The van der Waals surface area contributed by atoms with Crippen molar-refractivity contribution >= 4 is 5.97 Å². The quantitative estimate of drug-likeness (QED) is 0.922. The fourth-order valence-corrected chi connectivity index (χ4v) is 1.74. The van der Waals surface area contributed by atoms with Gasteiger partial charge in [-0.2, -0.15) is 4.98 Å². The van der Waals surface area contributed by atoms with E-state index >= 15 is 0 Å². The standard InChI is InChI=1S/C14H14N2O4/c1-8-6-13(16-9(2)15-8)20-12-5-4-10(19-3)7-11(12)14(17)18/h4-7H,1-3H3,(H,17,18). The highest BCUT2D eigenvalue weighted by atomic mass is 16.5. The first-order valence-corrected chi connectivity index (χ1v) is 5.91. The molecule has 0 fully saturated rings. The van der Waals surface area contributed by atoms with E-state index in [-0.39, 0.29) is 11.3 Å². The number of aromatic nitrogens is 2. The molecule has 0 aliphatic heterocycles. The summed E-state index contributed by atoms with van der Waals surface area (Å²) in [6.45, 7) is 3.56. The predicted octanol–water partition coefficient (Wildman–Crippen LogP) is 2.59. The number of carbonyl (C=O) groups is 1. The maximum absolute atomic E-state index is 11.2. The largest absolute Gasteiger partial charge is 0.497 e. The van der Waals surface area contributed by atoms with Gasteiger partial charge in [0.05, 0.1) is 7.11 Å². The highest BCUT2D eigenvalue weighted by molar-refractivity contribution is 5.91. The van der Waals surface area contributed by atoms with Crippen molar-refractivity contribution in [1.82, 2.24) is 9.97 Å². The van der Waals surface area contributed by atoms with Crippen molar-refractivity contribution in [3.8, 4) is 17.4 Å². The van der Waals surface area contributed by atoms with E-state index in [4.69, 9.17) is 9.47 Å². The molecule has 104 valence electrons. The summed E-state index contributed by atoms with van der Waals surface area (Å²) in [7, 11) is 1.47. The molecular weight excluding hydrogens is 260 g/mol. The lowest BCUT2D eigenvalue weighted by atomic mass is 10.2. The van der Waals surface area contributed by atoms with E-state index < -0.39 is 5.97 Å². The minimum atomic E-state index is -1.10. The third-order valence-electron chi connectivity index (χ3n) is 2.57. The Morgan fingerprint density at radius 3 is 2.55 bits per heavy atom. The van der Waals surface area contributed by atoms with Crippen LogP contribution in [0.2, 0.25) is 0 Å². The first-order valence-electron chi connectivity index (χ1n) is 5.91.